The Morgan fingerprint density at radius 2 is 1.95 bits per heavy atom. The Kier molecular flexibility index (Phi) is 12.4. The minimum absolute atomic E-state index is 0. The average molecular weight is 414 g/mol. The Bertz CT molecular complexity index is 284. The van der Waals surface area contributed by atoms with E-state index in [9.17, 15) is 0 Å². The molecule has 1 aliphatic heterocycles. The molecule has 1 fully saturated rings. The quantitative estimate of drug-likeness (QED) is 0.279. The van der Waals surface area contributed by atoms with Gasteiger partial charge in [-0.2, -0.15) is 0 Å². The summed E-state index contributed by atoms with van der Waals surface area (Å²) in [5.74, 6) is 1.43. The average Bonchev–Trinajstić information content (AvgIpc) is 2.46. The predicted molar refractivity (Wildman–Crippen MR) is 97.7 cm³/mol. The van der Waals surface area contributed by atoms with Crippen LogP contribution in [0.4, 0.5) is 0 Å². The maximum atomic E-state index is 5.43. The van der Waals surface area contributed by atoms with Crippen LogP contribution in [0.25, 0.3) is 0 Å². The molecule has 1 atom stereocenters. The lowest BCUT2D eigenvalue weighted by Crippen LogP contribution is -2.52. The molecule has 6 nitrogen and oxygen atoms in total. The molecule has 0 aromatic rings. The number of aliphatic imine (C=N–C) groups is 1. The fraction of sp³-hybridized carbons (Fsp3) is 0.929. The molecular formula is C14H31IN4O2. The molecule has 0 saturated carbocycles. The lowest BCUT2D eigenvalue weighted by Gasteiger charge is -2.37. The Hall–Kier alpha value is -0.120. The summed E-state index contributed by atoms with van der Waals surface area (Å²) in [6, 6.07) is 0.500. The minimum Gasteiger partial charge on any atom is -0.383 e. The van der Waals surface area contributed by atoms with Gasteiger partial charge in [-0.15, -0.1) is 24.0 Å². The molecule has 1 saturated heterocycles. The summed E-state index contributed by atoms with van der Waals surface area (Å²) < 4.78 is 10.5. The third-order valence-electron chi connectivity index (χ3n) is 3.59. The molecule has 0 radical (unpaired) electrons. The number of rotatable bonds is 7. The molecule has 1 heterocycles. The number of morpholine rings is 1. The van der Waals surface area contributed by atoms with Crippen LogP contribution in [-0.2, 0) is 9.47 Å². The molecule has 1 aliphatic rings. The molecule has 0 bridgehead atoms. The largest absolute Gasteiger partial charge is 0.383 e. The zero-order valence-electron chi connectivity index (χ0n) is 13.7. The first kappa shape index (κ1) is 20.9. The molecule has 21 heavy (non-hydrogen) atoms. The highest BCUT2D eigenvalue weighted by Crippen LogP contribution is 2.12. The van der Waals surface area contributed by atoms with Crippen molar-refractivity contribution in [2.75, 3.05) is 60.2 Å². The van der Waals surface area contributed by atoms with Crippen LogP contribution >= 0.6 is 24.0 Å². The first-order chi connectivity index (χ1) is 9.69. The molecule has 1 unspecified atom stereocenters. The van der Waals surface area contributed by atoms with E-state index >= 15 is 0 Å². The van der Waals surface area contributed by atoms with Crippen LogP contribution in [0.1, 0.15) is 13.8 Å². The molecule has 0 aromatic carbocycles. The van der Waals surface area contributed by atoms with Gasteiger partial charge in [0.15, 0.2) is 5.96 Å². The van der Waals surface area contributed by atoms with Gasteiger partial charge in [-0.25, -0.2) is 0 Å². The molecule has 7 heteroatoms. The SMILES string of the molecule is CN=C(NCCOC)NCC(C(C)C)N1CCOCC1.I. The number of hydrogen-bond acceptors (Lipinski definition) is 4. The van der Waals surface area contributed by atoms with E-state index in [0.29, 0.717) is 18.6 Å². The summed E-state index contributed by atoms with van der Waals surface area (Å²) in [5, 5.41) is 6.65. The smallest absolute Gasteiger partial charge is 0.191 e. The molecule has 1 rings (SSSR count). The van der Waals surface area contributed by atoms with E-state index in [1.54, 1.807) is 14.2 Å². The van der Waals surface area contributed by atoms with E-state index in [4.69, 9.17) is 9.47 Å². The van der Waals surface area contributed by atoms with Crippen molar-refractivity contribution < 1.29 is 9.47 Å². The molecule has 0 aliphatic carbocycles. The summed E-state index contributed by atoms with van der Waals surface area (Å²) in [6.45, 7) is 10.6. The van der Waals surface area contributed by atoms with Crippen LogP contribution in [0, 0.1) is 5.92 Å². The zero-order chi connectivity index (χ0) is 14.8. The zero-order valence-corrected chi connectivity index (χ0v) is 16.1. The fourth-order valence-electron chi connectivity index (χ4n) is 2.39. The summed E-state index contributed by atoms with van der Waals surface area (Å²) in [6.07, 6.45) is 0. The van der Waals surface area contributed by atoms with Gasteiger partial charge in [0, 0.05) is 46.4 Å². The van der Waals surface area contributed by atoms with Crippen molar-refractivity contribution in [1.82, 2.24) is 15.5 Å². The summed E-state index contributed by atoms with van der Waals surface area (Å²) in [4.78, 5) is 6.74. The maximum Gasteiger partial charge on any atom is 0.191 e. The molecular weight excluding hydrogens is 383 g/mol. The second kappa shape index (κ2) is 12.4. The van der Waals surface area contributed by atoms with Gasteiger partial charge in [-0.3, -0.25) is 9.89 Å². The van der Waals surface area contributed by atoms with Crippen LogP contribution < -0.4 is 10.6 Å². The second-order valence-electron chi connectivity index (χ2n) is 5.33. The van der Waals surface area contributed by atoms with E-state index < -0.39 is 0 Å². The molecule has 0 spiro atoms. The normalized spacial score (nSPS) is 18.2. The number of halogens is 1. The highest BCUT2D eigenvalue weighted by atomic mass is 127. The van der Waals surface area contributed by atoms with Crippen LogP contribution in [0.15, 0.2) is 4.99 Å². The third kappa shape index (κ3) is 8.18. The highest BCUT2D eigenvalue weighted by molar-refractivity contribution is 14.0. The summed E-state index contributed by atoms with van der Waals surface area (Å²) in [7, 11) is 3.49. The van der Waals surface area contributed by atoms with E-state index in [1.807, 2.05) is 0 Å². The monoisotopic (exact) mass is 414 g/mol. The van der Waals surface area contributed by atoms with E-state index in [2.05, 4.69) is 34.4 Å². The van der Waals surface area contributed by atoms with Crippen LogP contribution in [0.2, 0.25) is 0 Å². The van der Waals surface area contributed by atoms with Crippen molar-refractivity contribution in [2.24, 2.45) is 10.9 Å². The highest BCUT2D eigenvalue weighted by Gasteiger charge is 2.23. The number of nitrogens with zero attached hydrogens (tertiary/aromatic N) is 2. The number of guanidine groups is 1. The molecule has 2 N–H and O–H groups in total. The van der Waals surface area contributed by atoms with Crippen molar-refractivity contribution >= 4 is 29.9 Å². The number of hydrogen-bond donors (Lipinski definition) is 2. The van der Waals surface area contributed by atoms with E-state index in [0.717, 1.165) is 45.4 Å². The van der Waals surface area contributed by atoms with Gasteiger partial charge in [0.2, 0.25) is 0 Å². The van der Waals surface area contributed by atoms with Crippen molar-refractivity contribution in [3.8, 4) is 0 Å². The van der Waals surface area contributed by atoms with Gasteiger partial charge in [-0.1, -0.05) is 13.8 Å². The van der Waals surface area contributed by atoms with Crippen LogP contribution in [0.3, 0.4) is 0 Å². The van der Waals surface area contributed by atoms with E-state index in [-0.39, 0.29) is 24.0 Å². The van der Waals surface area contributed by atoms with Crippen molar-refractivity contribution in [3.63, 3.8) is 0 Å². The first-order valence-electron chi connectivity index (χ1n) is 7.44. The Balaban J connectivity index is 0.00000400. The van der Waals surface area contributed by atoms with Gasteiger partial charge in [0.05, 0.1) is 19.8 Å². The lowest BCUT2D eigenvalue weighted by molar-refractivity contribution is 0.00752. The van der Waals surface area contributed by atoms with Crippen molar-refractivity contribution in [1.29, 1.82) is 0 Å². The van der Waals surface area contributed by atoms with Crippen molar-refractivity contribution in [3.05, 3.63) is 0 Å². The first-order valence-corrected chi connectivity index (χ1v) is 7.44. The van der Waals surface area contributed by atoms with Gasteiger partial charge < -0.3 is 20.1 Å². The minimum atomic E-state index is 0. The fourth-order valence-corrected chi connectivity index (χ4v) is 2.39. The van der Waals surface area contributed by atoms with Crippen molar-refractivity contribution in [2.45, 2.75) is 19.9 Å². The topological polar surface area (TPSA) is 58.1 Å². The maximum absolute atomic E-state index is 5.43. The number of ether oxygens (including phenoxy) is 2. The molecule has 126 valence electrons. The number of nitrogens with one attached hydrogen (secondary N) is 2. The second-order valence-corrected chi connectivity index (χ2v) is 5.33. The lowest BCUT2D eigenvalue weighted by atomic mass is 10.0. The Morgan fingerprint density at radius 1 is 1.29 bits per heavy atom. The number of methoxy groups -OCH3 is 1. The van der Waals surface area contributed by atoms with Crippen LogP contribution in [0.5, 0.6) is 0 Å². The Morgan fingerprint density at radius 3 is 2.48 bits per heavy atom. The predicted octanol–water partition coefficient (Wildman–Crippen LogP) is 0.773. The molecule has 0 amide bonds. The van der Waals surface area contributed by atoms with E-state index in [1.165, 1.54) is 0 Å². The van der Waals surface area contributed by atoms with Crippen LogP contribution in [-0.4, -0.2) is 77.1 Å². The van der Waals surface area contributed by atoms with Gasteiger partial charge >= 0.3 is 0 Å². The summed E-state index contributed by atoms with van der Waals surface area (Å²) >= 11 is 0. The van der Waals surface area contributed by atoms with Gasteiger partial charge in [0.25, 0.3) is 0 Å². The van der Waals surface area contributed by atoms with Gasteiger partial charge in [-0.05, 0) is 5.92 Å². The molecule has 0 aromatic heterocycles. The third-order valence-corrected chi connectivity index (χ3v) is 3.59. The van der Waals surface area contributed by atoms with Gasteiger partial charge in [0.1, 0.15) is 0 Å². The Labute approximate surface area is 146 Å². The standard InChI is InChI=1S/C14H30N4O2.HI/c1-12(2)13(18-6-9-20-10-7-18)11-17-14(15-3)16-5-8-19-4;/h12-13H,5-11H2,1-4H3,(H2,15,16,17);1H. The summed E-state index contributed by atoms with van der Waals surface area (Å²) in [5.41, 5.74) is 0.